The van der Waals surface area contributed by atoms with Gasteiger partial charge >= 0.3 is 10.3 Å². The largest absolute Gasteiger partial charge is 0.367 e. The molecular formula is C21H21F3N6O4S. The Kier molecular flexibility index (Phi) is 7.14. The highest BCUT2D eigenvalue weighted by Gasteiger charge is 2.28. The van der Waals surface area contributed by atoms with Crippen molar-refractivity contribution in [3.63, 3.8) is 0 Å². The van der Waals surface area contributed by atoms with Crippen molar-refractivity contribution in [3.05, 3.63) is 71.2 Å². The zero-order valence-electron chi connectivity index (χ0n) is 18.2. The van der Waals surface area contributed by atoms with Crippen molar-refractivity contribution >= 4 is 21.9 Å². The standard InChI is InChI=1S/C21H21F3N6O4S/c22-13-6-17(23)16(18(24)7-13)9-30-4-3-19(29-30)20(31)15-8-26-11-27-21(15)28-14-2-1-12(5-14)10-34-35(25,32)33/h3-4,6-8,11-12,14H,1-2,5,9-10H2,(H2,25,32,33)(H,26,27,28). The van der Waals surface area contributed by atoms with Crippen LogP contribution in [-0.2, 0) is 21.0 Å². The number of hydrogen-bond donors (Lipinski definition) is 2. The highest BCUT2D eigenvalue weighted by Crippen LogP contribution is 2.29. The van der Waals surface area contributed by atoms with E-state index >= 15 is 0 Å². The van der Waals surface area contributed by atoms with Crippen molar-refractivity contribution in [1.82, 2.24) is 19.7 Å². The summed E-state index contributed by atoms with van der Waals surface area (Å²) in [6.07, 6.45) is 5.94. The van der Waals surface area contributed by atoms with Crippen LogP contribution in [0.3, 0.4) is 0 Å². The highest BCUT2D eigenvalue weighted by molar-refractivity contribution is 7.84. The van der Waals surface area contributed by atoms with E-state index in [4.69, 9.17) is 5.14 Å². The Balaban J connectivity index is 1.45. The first-order chi connectivity index (χ1) is 16.6. The van der Waals surface area contributed by atoms with Gasteiger partial charge in [-0.2, -0.15) is 13.5 Å². The molecule has 4 rings (SSSR count). The van der Waals surface area contributed by atoms with Crippen molar-refractivity contribution in [2.45, 2.75) is 31.8 Å². The van der Waals surface area contributed by atoms with E-state index in [1.165, 1.54) is 24.8 Å². The van der Waals surface area contributed by atoms with Crippen molar-refractivity contribution in [3.8, 4) is 0 Å². The Morgan fingerprint density at radius 1 is 1.23 bits per heavy atom. The molecular weight excluding hydrogens is 489 g/mol. The van der Waals surface area contributed by atoms with Gasteiger partial charge in [0.1, 0.15) is 35.3 Å². The zero-order valence-corrected chi connectivity index (χ0v) is 19.0. The van der Waals surface area contributed by atoms with E-state index in [1.807, 2.05) is 0 Å². The van der Waals surface area contributed by atoms with Gasteiger partial charge in [-0.05, 0) is 31.2 Å². The van der Waals surface area contributed by atoms with Gasteiger partial charge in [0.25, 0.3) is 0 Å². The molecule has 0 aliphatic heterocycles. The van der Waals surface area contributed by atoms with Crippen molar-refractivity contribution in [2.24, 2.45) is 11.1 Å². The van der Waals surface area contributed by atoms with E-state index < -0.39 is 33.5 Å². The Morgan fingerprint density at radius 2 is 1.97 bits per heavy atom. The summed E-state index contributed by atoms with van der Waals surface area (Å²) in [6.45, 7) is -0.370. The van der Waals surface area contributed by atoms with E-state index in [9.17, 15) is 26.4 Å². The molecule has 2 heterocycles. The predicted octanol–water partition coefficient (Wildman–Crippen LogP) is 2.17. The molecule has 1 aromatic carbocycles. The first-order valence-electron chi connectivity index (χ1n) is 10.5. The van der Waals surface area contributed by atoms with Crippen LogP contribution in [0.25, 0.3) is 0 Å². The number of ketones is 1. The molecule has 2 aromatic heterocycles. The number of benzene rings is 1. The Bertz CT molecular complexity index is 1330. The second-order valence-corrected chi connectivity index (χ2v) is 9.38. The molecule has 14 heteroatoms. The van der Waals surface area contributed by atoms with E-state index in [1.54, 1.807) is 0 Å². The normalized spacial score (nSPS) is 18.1. The number of aromatic nitrogens is 4. The molecule has 0 amide bonds. The fraction of sp³-hybridized carbons (Fsp3) is 0.333. The molecule has 0 bridgehead atoms. The first kappa shape index (κ1) is 24.8. The summed E-state index contributed by atoms with van der Waals surface area (Å²) in [5.74, 6) is -3.42. The average molecular weight is 510 g/mol. The summed E-state index contributed by atoms with van der Waals surface area (Å²) in [6, 6.07) is 2.44. The van der Waals surface area contributed by atoms with Crippen LogP contribution in [-0.4, -0.2) is 46.6 Å². The van der Waals surface area contributed by atoms with Crippen LogP contribution in [0.5, 0.6) is 0 Å². The number of carbonyl (C=O) groups excluding carboxylic acids is 1. The molecule has 0 spiro atoms. The third kappa shape index (κ3) is 6.21. The minimum atomic E-state index is -4.01. The number of hydrogen-bond acceptors (Lipinski definition) is 8. The number of halogens is 3. The molecule has 10 nitrogen and oxygen atoms in total. The topological polar surface area (TPSA) is 142 Å². The first-order valence-corrected chi connectivity index (χ1v) is 12.0. The molecule has 3 N–H and O–H groups in total. The smallest absolute Gasteiger partial charge is 0.333 e. The predicted molar refractivity (Wildman–Crippen MR) is 117 cm³/mol. The molecule has 3 aromatic rings. The number of nitrogens with two attached hydrogens (primary N) is 1. The van der Waals surface area contributed by atoms with Crippen LogP contribution in [0.15, 0.2) is 36.9 Å². The van der Waals surface area contributed by atoms with Gasteiger partial charge in [-0.15, -0.1) is 0 Å². The average Bonchev–Trinajstić information content (AvgIpc) is 3.44. The third-order valence-corrected chi connectivity index (χ3v) is 6.07. The van der Waals surface area contributed by atoms with Gasteiger partial charge in [0, 0.05) is 36.1 Å². The summed E-state index contributed by atoms with van der Waals surface area (Å²) in [7, 11) is -4.01. The summed E-state index contributed by atoms with van der Waals surface area (Å²) < 4.78 is 68.8. The van der Waals surface area contributed by atoms with Crippen molar-refractivity contribution in [2.75, 3.05) is 11.9 Å². The van der Waals surface area contributed by atoms with Gasteiger partial charge in [0.2, 0.25) is 5.78 Å². The molecule has 0 radical (unpaired) electrons. The molecule has 2 unspecified atom stereocenters. The van der Waals surface area contributed by atoms with Crippen LogP contribution >= 0.6 is 0 Å². The van der Waals surface area contributed by atoms with E-state index in [-0.39, 0.29) is 47.8 Å². The van der Waals surface area contributed by atoms with Gasteiger partial charge in [0.15, 0.2) is 0 Å². The fourth-order valence-corrected chi connectivity index (χ4v) is 4.33. The van der Waals surface area contributed by atoms with E-state index in [0.29, 0.717) is 31.4 Å². The van der Waals surface area contributed by atoms with Gasteiger partial charge in [-0.3, -0.25) is 13.7 Å². The quantitative estimate of drug-likeness (QED) is 0.417. The second-order valence-electron chi connectivity index (χ2n) is 8.16. The molecule has 2 atom stereocenters. The molecule has 1 aliphatic carbocycles. The van der Waals surface area contributed by atoms with Crippen LogP contribution in [0.2, 0.25) is 0 Å². The van der Waals surface area contributed by atoms with Crippen molar-refractivity contribution < 1.29 is 30.6 Å². The summed E-state index contributed by atoms with van der Waals surface area (Å²) in [5, 5.41) is 12.1. The molecule has 0 saturated heterocycles. The third-order valence-electron chi connectivity index (χ3n) is 5.61. The maximum Gasteiger partial charge on any atom is 0.333 e. The molecule has 1 fully saturated rings. The molecule has 1 aliphatic rings. The van der Waals surface area contributed by atoms with Crippen LogP contribution in [0.1, 0.15) is 40.9 Å². The lowest BCUT2D eigenvalue weighted by Gasteiger charge is -2.15. The summed E-state index contributed by atoms with van der Waals surface area (Å²) in [5.41, 5.74) is -0.251. The maximum atomic E-state index is 14.0. The van der Waals surface area contributed by atoms with Crippen molar-refractivity contribution in [1.29, 1.82) is 0 Å². The second kappa shape index (κ2) is 10.1. The number of nitrogens with one attached hydrogen (secondary N) is 1. The van der Waals surface area contributed by atoms with Crippen LogP contribution in [0.4, 0.5) is 19.0 Å². The molecule has 186 valence electrons. The lowest BCUT2D eigenvalue weighted by molar-refractivity contribution is 0.103. The molecule has 35 heavy (non-hydrogen) atoms. The Hall–Kier alpha value is -3.36. The van der Waals surface area contributed by atoms with Gasteiger partial charge in [0.05, 0.1) is 18.7 Å². The molecule has 1 saturated carbocycles. The summed E-state index contributed by atoms with van der Waals surface area (Å²) >= 11 is 0. The lowest BCUT2D eigenvalue weighted by atomic mass is 10.1. The SMILES string of the molecule is NS(=O)(=O)OCC1CCC(Nc2ncncc2C(=O)c2ccn(Cc3c(F)cc(F)cc3F)n2)C1. The Labute approximate surface area is 198 Å². The van der Waals surface area contributed by atoms with E-state index in [0.717, 1.165) is 4.68 Å². The van der Waals surface area contributed by atoms with Crippen LogP contribution < -0.4 is 10.5 Å². The number of anilines is 1. The minimum absolute atomic E-state index is 0.00312. The highest BCUT2D eigenvalue weighted by atomic mass is 32.2. The number of rotatable bonds is 9. The lowest BCUT2D eigenvalue weighted by Crippen LogP contribution is -2.22. The number of carbonyl (C=O) groups is 1. The fourth-order valence-electron chi connectivity index (χ4n) is 3.95. The zero-order chi connectivity index (χ0) is 25.2. The monoisotopic (exact) mass is 510 g/mol. The Morgan fingerprint density at radius 3 is 2.69 bits per heavy atom. The van der Waals surface area contributed by atoms with Gasteiger partial charge in [-0.25, -0.2) is 28.3 Å². The van der Waals surface area contributed by atoms with Crippen LogP contribution in [0, 0.1) is 23.4 Å². The maximum absolute atomic E-state index is 14.0. The summed E-state index contributed by atoms with van der Waals surface area (Å²) in [4.78, 5) is 21.1. The number of nitrogens with zero attached hydrogens (tertiary/aromatic N) is 4. The van der Waals surface area contributed by atoms with Gasteiger partial charge < -0.3 is 5.32 Å². The van der Waals surface area contributed by atoms with E-state index in [2.05, 4.69) is 24.6 Å². The minimum Gasteiger partial charge on any atom is -0.367 e. The van der Waals surface area contributed by atoms with Gasteiger partial charge in [-0.1, -0.05) is 0 Å².